The molecule has 1 saturated carbocycles. The van der Waals surface area contributed by atoms with Crippen LogP contribution in [0, 0.1) is 11.8 Å². The first-order chi connectivity index (χ1) is 26.2. The van der Waals surface area contributed by atoms with E-state index >= 15 is 0 Å². The lowest BCUT2D eigenvalue weighted by molar-refractivity contribution is 0.0912. The molecular weight excluding hydrogens is 681 g/mol. The molecule has 1 fully saturated rings. The Morgan fingerprint density at radius 3 is 1.09 bits per heavy atom. The number of carbonyl (C=O) groups is 4. The number of nitrogens with one attached hydrogen (secondary N) is 4. The van der Waals surface area contributed by atoms with Crippen LogP contribution in [0.3, 0.4) is 0 Å². The third-order valence-corrected chi connectivity index (χ3v) is 10.3. The molecule has 54 heavy (non-hydrogen) atoms. The molecule has 12 nitrogen and oxygen atoms in total. The second kappa shape index (κ2) is 19.9. The van der Waals surface area contributed by atoms with E-state index in [4.69, 9.17) is 0 Å². The molecule has 4 aliphatic heterocycles. The van der Waals surface area contributed by atoms with E-state index in [0.29, 0.717) is 24.9 Å². The Labute approximate surface area is 320 Å². The fourth-order valence-corrected chi connectivity index (χ4v) is 7.30. The Kier molecular flexibility index (Phi) is 14.8. The van der Waals surface area contributed by atoms with Crippen molar-refractivity contribution in [2.24, 2.45) is 11.8 Å². The highest BCUT2D eigenvalue weighted by atomic mass is 16.2. The van der Waals surface area contributed by atoms with Crippen molar-refractivity contribution in [2.45, 2.75) is 92.2 Å². The fourth-order valence-electron chi connectivity index (χ4n) is 7.30. The van der Waals surface area contributed by atoms with Crippen LogP contribution < -0.4 is 31.1 Å². The number of hydrogen-bond acceptors (Lipinski definition) is 8. The molecule has 6 heterocycles. The minimum absolute atomic E-state index is 0.200. The molecule has 0 atom stereocenters. The number of amides is 4. The summed E-state index contributed by atoms with van der Waals surface area (Å²) < 4.78 is 0. The average molecular weight is 739 g/mol. The van der Waals surface area contributed by atoms with E-state index in [1.165, 1.54) is 0 Å². The summed E-state index contributed by atoms with van der Waals surface area (Å²) in [6.07, 6.45) is 7.40. The van der Waals surface area contributed by atoms with Crippen LogP contribution >= 0.6 is 0 Å². The number of rotatable bonds is 10. The topological polar surface area (TPSA) is 149 Å². The molecule has 8 rings (SSSR count). The van der Waals surface area contributed by atoms with Crippen molar-refractivity contribution in [2.75, 3.05) is 49.1 Å². The van der Waals surface area contributed by atoms with Gasteiger partial charge in [-0.1, -0.05) is 52.0 Å². The Morgan fingerprint density at radius 1 is 0.500 bits per heavy atom. The lowest BCUT2D eigenvalue weighted by Crippen LogP contribution is -2.36. The van der Waals surface area contributed by atoms with Gasteiger partial charge >= 0.3 is 0 Å². The predicted octanol–water partition coefficient (Wildman–Crippen LogP) is 5.87. The maximum Gasteiger partial charge on any atom is 0.270 e. The van der Waals surface area contributed by atoms with Gasteiger partial charge in [-0.15, -0.1) is 0 Å². The van der Waals surface area contributed by atoms with Gasteiger partial charge in [-0.2, -0.15) is 0 Å². The van der Waals surface area contributed by atoms with Gasteiger partial charge in [0.05, 0.1) is 0 Å². The molecule has 1 aliphatic carbocycles. The highest BCUT2D eigenvalue weighted by molar-refractivity contribution is 5.98. The number of benzene rings is 1. The minimum Gasteiger partial charge on any atom is -0.371 e. The molecular formula is C42H58N8O4. The number of aromatic nitrogens is 2. The first kappa shape index (κ1) is 40.2. The van der Waals surface area contributed by atoms with Crippen LogP contribution in [-0.4, -0.2) is 72.9 Å². The molecule has 0 saturated heterocycles. The number of carbonyl (C=O) groups excluding carboxylic acids is 4. The van der Waals surface area contributed by atoms with E-state index in [0.717, 1.165) is 100 Å². The largest absolute Gasteiger partial charge is 0.371 e. The Hall–Kier alpha value is -5.00. The summed E-state index contributed by atoms with van der Waals surface area (Å²) >= 11 is 0. The van der Waals surface area contributed by atoms with Gasteiger partial charge in [0.1, 0.15) is 22.8 Å². The lowest BCUT2D eigenvalue weighted by atomic mass is 9.82. The van der Waals surface area contributed by atoms with Crippen molar-refractivity contribution in [3.63, 3.8) is 0 Å². The summed E-state index contributed by atoms with van der Waals surface area (Å²) in [5.41, 5.74) is 4.22. The van der Waals surface area contributed by atoms with Gasteiger partial charge in [-0.05, 0) is 98.6 Å². The summed E-state index contributed by atoms with van der Waals surface area (Å²) in [6, 6.07) is 14.8. The molecule has 290 valence electrons. The molecule has 1 aromatic carbocycles. The SMILES string of the molecule is CCCN(CCC)c1cc2nc(c1)C(=O)NCC1CCC(CC1)CNC(=O)c1cc(N(CCC)CCC)cc(n1)C(=O)NCc1ccc(cc1)CNC2=O. The molecule has 4 N–H and O–H groups in total. The molecule has 2 aromatic heterocycles. The van der Waals surface area contributed by atoms with Crippen molar-refractivity contribution in [1.29, 1.82) is 0 Å². The first-order valence-electron chi connectivity index (χ1n) is 20.0. The van der Waals surface area contributed by atoms with E-state index in [-0.39, 0.29) is 59.5 Å². The van der Waals surface area contributed by atoms with Gasteiger partial charge in [0, 0.05) is 63.7 Å². The summed E-state index contributed by atoms with van der Waals surface area (Å²) in [5, 5.41) is 12.2. The maximum absolute atomic E-state index is 13.6. The van der Waals surface area contributed by atoms with E-state index in [2.05, 4.69) is 68.7 Å². The number of pyridine rings is 2. The molecule has 3 aromatic rings. The maximum atomic E-state index is 13.6. The van der Waals surface area contributed by atoms with E-state index < -0.39 is 0 Å². The molecule has 0 unspecified atom stereocenters. The highest BCUT2D eigenvalue weighted by Crippen LogP contribution is 2.28. The van der Waals surface area contributed by atoms with Crippen LogP contribution in [0.4, 0.5) is 11.4 Å². The van der Waals surface area contributed by atoms with Gasteiger partial charge in [0.2, 0.25) is 0 Å². The van der Waals surface area contributed by atoms with Gasteiger partial charge < -0.3 is 31.1 Å². The van der Waals surface area contributed by atoms with Gasteiger partial charge in [-0.3, -0.25) is 19.2 Å². The Balaban J connectivity index is 1.41. The lowest BCUT2D eigenvalue weighted by Gasteiger charge is -2.29. The predicted molar refractivity (Wildman–Crippen MR) is 213 cm³/mol. The van der Waals surface area contributed by atoms with Crippen molar-refractivity contribution >= 4 is 35.0 Å². The summed E-state index contributed by atoms with van der Waals surface area (Å²) in [7, 11) is 0. The molecule has 4 amide bonds. The Bertz CT molecular complexity index is 1600. The zero-order chi connectivity index (χ0) is 38.5. The van der Waals surface area contributed by atoms with Crippen LogP contribution in [-0.2, 0) is 13.1 Å². The van der Waals surface area contributed by atoms with E-state index in [9.17, 15) is 19.2 Å². The summed E-state index contributed by atoms with van der Waals surface area (Å²) in [4.78, 5) is 67.6. The van der Waals surface area contributed by atoms with E-state index in [1.54, 1.807) is 24.3 Å². The standard InChI is InChI=1S/C42H58N8O4/c1-5-17-49(18-6-2)33-21-35-39(51)43-25-29-9-13-31(14-10-29)27-45-41(53)37-23-34(50(19-7-3)20-8-4)24-38(48-37)42(54)46-28-32-15-11-30(12-16-32)26-44-40(52)36(22-33)47-35/h9-10,13-14,21-24,30,32H,5-8,11-12,15-20,25-28H2,1-4H3,(H,43,51)(H,44,52)(H,45,53)(H,46,54). The van der Waals surface area contributed by atoms with Gasteiger partial charge in [-0.25, -0.2) is 9.97 Å². The van der Waals surface area contributed by atoms with Crippen molar-refractivity contribution < 1.29 is 19.2 Å². The average Bonchev–Trinajstić information content (AvgIpc) is 3.20. The second-order valence-corrected chi connectivity index (χ2v) is 14.7. The highest BCUT2D eigenvalue weighted by Gasteiger charge is 2.25. The number of nitrogens with zero attached hydrogens (tertiary/aromatic N) is 4. The summed E-state index contributed by atoms with van der Waals surface area (Å²) in [5.74, 6) is -0.682. The normalized spacial score (nSPS) is 18.4. The van der Waals surface area contributed by atoms with Crippen LogP contribution in [0.25, 0.3) is 0 Å². The zero-order valence-corrected chi connectivity index (χ0v) is 32.5. The van der Waals surface area contributed by atoms with Crippen molar-refractivity contribution in [1.82, 2.24) is 31.2 Å². The van der Waals surface area contributed by atoms with Crippen LogP contribution in [0.15, 0.2) is 48.5 Å². The third-order valence-electron chi connectivity index (χ3n) is 10.3. The summed E-state index contributed by atoms with van der Waals surface area (Å²) in [6.45, 7) is 13.2. The minimum atomic E-state index is -0.354. The van der Waals surface area contributed by atoms with Crippen molar-refractivity contribution in [3.05, 3.63) is 82.4 Å². The fraction of sp³-hybridized carbons (Fsp3) is 0.524. The monoisotopic (exact) mass is 738 g/mol. The Morgan fingerprint density at radius 2 is 0.796 bits per heavy atom. The van der Waals surface area contributed by atoms with Crippen LogP contribution in [0.1, 0.15) is 132 Å². The van der Waals surface area contributed by atoms with Gasteiger partial charge in [0.25, 0.3) is 23.6 Å². The molecule has 5 aliphatic rings. The molecule has 0 radical (unpaired) electrons. The zero-order valence-electron chi connectivity index (χ0n) is 32.5. The number of anilines is 2. The van der Waals surface area contributed by atoms with E-state index in [1.807, 2.05) is 24.3 Å². The quantitative estimate of drug-likeness (QED) is 0.202. The van der Waals surface area contributed by atoms with Gasteiger partial charge in [0.15, 0.2) is 0 Å². The van der Waals surface area contributed by atoms with Crippen molar-refractivity contribution in [3.8, 4) is 0 Å². The van der Waals surface area contributed by atoms with Crippen LogP contribution in [0.2, 0.25) is 0 Å². The second-order valence-electron chi connectivity index (χ2n) is 14.7. The molecule has 8 bridgehead atoms. The molecule has 12 heteroatoms. The number of hydrogen-bond donors (Lipinski definition) is 4. The smallest absolute Gasteiger partial charge is 0.270 e. The third kappa shape index (κ3) is 11.0. The van der Waals surface area contributed by atoms with Crippen LogP contribution in [0.5, 0.6) is 0 Å². The first-order valence-corrected chi connectivity index (χ1v) is 20.0. The molecule has 0 spiro atoms.